The van der Waals surface area contributed by atoms with Crippen molar-refractivity contribution in [3.05, 3.63) is 145 Å². The van der Waals surface area contributed by atoms with Gasteiger partial charge in [0.05, 0.1) is 11.0 Å². The molecular weight excluding hydrogens is 510 g/mol. The summed E-state index contributed by atoms with van der Waals surface area (Å²) in [4.78, 5) is 0. The SMILES string of the molecule is C1=CC2Oc3cccc(-c4cccc(-n5c6cccc7c6c6c8c(cccc8ccc65)-c5ccccc5-7)c4)c3C2C=C1. The Labute approximate surface area is 243 Å². The molecule has 1 aromatic heterocycles. The number of fused-ring (bicyclic) bond motifs is 6. The standard InChI is InChI=1S/C40H25NO/c1-2-13-29-28(12-1)30-16-6-9-24-21-22-34-40(37(24)30)39-31(29)17-7-18-33(39)41(34)26-11-5-10-25(23-26)27-15-8-20-36-38(27)32-14-3-4-19-35(32)42-36/h1-23,32,35H. The summed E-state index contributed by atoms with van der Waals surface area (Å²) in [5.41, 5.74) is 12.6. The van der Waals surface area contributed by atoms with E-state index in [0.717, 1.165) is 5.75 Å². The fraction of sp³-hybridized carbons (Fsp3) is 0.0500. The van der Waals surface area contributed by atoms with Gasteiger partial charge < -0.3 is 9.30 Å². The first-order valence-electron chi connectivity index (χ1n) is 14.7. The Kier molecular flexibility index (Phi) is 4.32. The third-order valence-electron chi connectivity index (χ3n) is 9.47. The molecular formula is C40H25NO. The number of aromatic nitrogens is 1. The van der Waals surface area contributed by atoms with Gasteiger partial charge in [0, 0.05) is 27.9 Å². The summed E-state index contributed by atoms with van der Waals surface area (Å²) in [6.45, 7) is 0. The van der Waals surface area contributed by atoms with Crippen LogP contribution in [0.1, 0.15) is 11.5 Å². The highest BCUT2D eigenvalue weighted by Crippen LogP contribution is 2.50. The first-order chi connectivity index (χ1) is 20.8. The van der Waals surface area contributed by atoms with E-state index in [4.69, 9.17) is 4.74 Å². The van der Waals surface area contributed by atoms with Gasteiger partial charge in [-0.1, -0.05) is 103 Å². The van der Waals surface area contributed by atoms with Crippen LogP contribution in [0.3, 0.4) is 0 Å². The van der Waals surface area contributed by atoms with Gasteiger partial charge in [0.15, 0.2) is 0 Å². The van der Waals surface area contributed by atoms with Crippen molar-refractivity contribution in [2.75, 3.05) is 0 Å². The van der Waals surface area contributed by atoms with Gasteiger partial charge >= 0.3 is 0 Å². The molecule has 6 aromatic carbocycles. The molecule has 2 aliphatic carbocycles. The monoisotopic (exact) mass is 535 g/mol. The molecule has 0 bridgehead atoms. The summed E-state index contributed by atoms with van der Waals surface area (Å²) in [7, 11) is 0. The van der Waals surface area contributed by atoms with Crippen molar-refractivity contribution in [2.45, 2.75) is 12.0 Å². The summed E-state index contributed by atoms with van der Waals surface area (Å²) in [6, 6.07) is 42.5. The molecule has 2 nitrogen and oxygen atoms in total. The van der Waals surface area contributed by atoms with Crippen LogP contribution >= 0.6 is 0 Å². The van der Waals surface area contributed by atoms with Crippen LogP contribution in [0.5, 0.6) is 5.75 Å². The molecule has 10 rings (SSSR count). The maximum atomic E-state index is 6.35. The van der Waals surface area contributed by atoms with Crippen LogP contribution in [0.2, 0.25) is 0 Å². The molecule has 196 valence electrons. The van der Waals surface area contributed by atoms with Crippen LogP contribution in [0.25, 0.3) is 71.6 Å². The zero-order valence-corrected chi connectivity index (χ0v) is 22.8. The van der Waals surface area contributed by atoms with E-state index in [-0.39, 0.29) is 12.0 Å². The van der Waals surface area contributed by atoms with Crippen molar-refractivity contribution in [1.29, 1.82) is 0 Å². The number of rotatable bonds is 2. The Morgan fingerprint density at radius 3 is 2.14 bits per heavy atom. The van der Waals surface area contributed by atoms with Crippen molar-refractivity contribution in [3.63, 3.8) is 0 Å². The van der Waals surface area contributed by atoms with E-state index in [2.05, 4.69) is 144 Å². The molecule has 2 unspecified atom stereocenters. The number of allylic oxidation sites excluding steroid dienone is 2. The van der Waals surface area contributed by atoms with E-state index in [0.29, 0.717) is 0 Å². The first-order valence-corrected chi connectivity index (χ1v) is 14.7. The fourth-order valence-electron chi connectivity index (χ4n) is 7.77. The van der Waals surface area contributed by atoms with E-state index in [1.807, 2.05) is 0 Å². The summed E-state index contributed by atoms with van der Waals surface area (Å²) in [5.74, 6) is 1.23. The molecule has 42 heavy (non-hydrogen) atoms. The van der Waals surface area contributed by atoms with Crippen LogP contribution in [-0.4, -0.2) is 10.7 Å². The van der Waals surface area contributed by atoms with Crippen molar-refractivity contribution >= 4 is 32.6 Å². The van der Waals surface area contributed by atoms with E-state index in [1.165, 1.54) is 77.2 Å². The molecule has 0 N–H and O–H groups in total. The van der Waals surface area contributed by atoms with Gasteiger partial charge in [-0.05, 0) is 80.6 Å². The van der Waals surface area contributed by atoms with E-state index >= 15 is 0 Å². The van der Waals surface area contributed by atoms with Crippen LogP contribution in [-0.2, 0) is 0 Å². The maximum absolute atomic E-state index is 6.35. The molecule has 3 aliphatic rings. The summed E-state index contributed by atoms with van der Waals surface area (Å²) >= 11 is 0. The van der Waals surface area contributed by atoms with E-state index in [1.54, 1.807) is 0 Å². The van der Waals surface area contributed by atoms with Gasteiger partial charge in [-0.25, -0.2) is 0 Å². The second-order valence-electron chi connectivity index (χ2n) is 11.6. The second kappa shape index (κ2) is 8.11. The highest BCUT2D eigenvalue weighted by atomic mass is 16.5. The molecule has 0 fully saturated rings. The number of hydrogen-bond acceptors (Lipinski definition) is 1. The highest BCUT2D eigenvalue weighted by Gasteiger charge is 2.34. The average molecular weight is 536 g/mol. The number of nitrogens with zero attached hydrogens (tertiary/aromatic N) is 1. The van der Waals surface area contributed by atoms with Gasteiger partial charge in [0.2, 0.25) is 0 Å². The third-order valence-corrected chi connectivity index (χ3v) is 9.47. The minimum atomic E-state index is 0.0704. The van der Waals surface area contributed by atoms with E-state index in [9.17, 15) is 0 Å². The number of hydrogen-bond donors (Lipinski definition) is 0. The smallest absolute Gasteiger partial charge is 0.128 e. The fourth-order valence-corrected chi connectivity index (χ4v) is 7.77. The number of benzene rings is 6. The topological polar surface area (TPSA) is 14.2 Å². The first kappa shape index (κ1) is 22.4. The number of ether oxygens (including phenoxy) is 1. The largest absolute Gasteiger partial charge is 0.485 e. The molecule has 0 spiro atoms. The van der Waals surface area contributed by atoms with Gasteiger partial charge in [-0.3, -0.25) is 0 Å². The molecule has 0 radical (unpaired) electrons. The molecule has 0 saturated carbocycles. The molecule has 7 aromatic rings. The Morgan fingerprint density at radius 2 is 1.24 bits per heavy atom. The minimum absolute atomic E-state index is 0.0704. The van der Waals surface area contributed by atoms with Gasteiger partial charge in [-0.15, -0.1) is 0 Å². The zero-order chi connectivity index (χ0) is 27.4. The molecule has 0 amide bonds. The quantitative estimate of drug-likeness (QED) is 0.215. The molecule has 2 heteroatoms. The lowest BCUT2D eigenvalue weighted by molar-refractivity contribution is 0.269. The van der Waals surface area contributed by atoms with Gasteiger partial charge in [-0.2, -0.15) is 0 Å². The average Bonchev–Trinajstić information content (AvgIpc) is 3.56. The summed E-state index contributed by atoms with van der Waals surface area (Å²) in [6.07, 6.45) is 8.75. The molecule has 2 heterocycles. The van der Waals surface area contributed by atoms with Crippen molar-refractivity contribution in [2.24, 2.45) is 0 Å². The lowest BCUT2D eigenvalue weighted by Gasteiger charge is -2.17. The Morgan fingerprint density at radius 1 is 0.524 bits per heavy atom. The van der Waals surface area contributed by atoms with Crippen LogP contribution < -0.4 is 4.74 Å². The van der Waals surface area contributed by atoms with Crippen molar-refractivity contribution in [3.8, 4) is 44.8 Å². The Bertz CT molecular complexity index is 2350. The van der Waals surface area contributed by atoms with Gasteiger partial charge in [0.1, 0.15) is 11.9 Å². The predicted molar refractivity (Wildman–Crippen MR) is 174 cm³/mol. The Hall–Kier alpha value is -5.34. The van der Waals surface area contributed by atoms with Crippen LogP contribution in [0.15, 0.2) is 140 Å². The van der Waals surface area contributed by atoms with Crippen LogP contribution in [0.4, 0.5) is 0 Å². The third kappa shape index (κ3) is 2.84. The lowest BCUT2D eigenvalue weighted by atomic mass is 9.86. The second-order valence-corrected chi connectivity index (χ2v) is 11.6. The van der Waals surface area contributed by atoms with Crippen molar-refractivity contribution in [1.82, 2.24) is 4.57 Å². The highest BCUT2D eigenvalue weighted by molar-refractivity contribution is 6.30. The summed E-state index contributed by atoms with van der Waals surface area (Å²) < 4.78 is 8.81. The van der Waals surface area contributed by atoms with Gasteiger partial charge in [0.25, 0.3) is 0 Å². The van der Waals surface area contributed by atoms with E-state index < -0.39 is 0 Å². The molecule has 2 atom stereocenters. The Balaban J connectivity index is 1.27. The molecule has 0 saturated heterocycles. The van der Waals surface area contributed by atoms with Crippen molar-refractivity contribution < 1.29 is 4.74 Å². The minimum Gasteiger partial charge on any atom is -0.485 e. The lowest BCUT2D eigenvalue weighted by Crippen LogP contribution is -2.15. The normalized spacial score (nSPS) is 17.5. The predicted octanol–water partition coefficient (Wildman–Crippen LogP) is 10.2. The van der Waals surface area contributed by atoms with Crippen LogP contribution in [0, 0.1) is 0 Å². The summed E-state index contributed by atoms with van der Waals surface area (Å²) in [5, 5.41) is 5.29. The maximum Gasteiger partial charge on any atom is 0.128 e. The molecule has 1 aliphatic heterocycles. The zero-order valence-electron chi connectivity index (χ0n) is 22.8.